The molecule has 140 valence electrons. The first-order valence-corrected chi connectivity index (χ1v) is 10.0. The van der Waals surface area contributed by atoms with Gasteiger partial charge in [-0.15, -0.1) is 6.58 Å². The lowest BCUT2D eigenvalue weighted by Crippen LogP contribution is -2.47. The van der Waals surface area contributed by atoms with E-state index in [4.69, 9.17) is 0 Å². The minimum Gasteiger partial charge on any atom is -0.353 e. The largest absolute Gasteiger partial charge is 0.353 e. The fourth-order valence-corrected chi connectivity index (χ4v) is 4.01. The van der Waals surface area contributed by atoms with Crippen LogP contribution < -0.4 is 10.2 Å². The first-order valence-electron chi connectivity index (χ1n) is 9.25. The van der Waals surface area contributed by atoms with Crippen LogP contribution in [0.2, 0.25) is 0 Å². The lowest BCUT2D eigenvalue weighted by atomic mass is 9.86. The third kappa shape index (κ3) is 5.03. The average molecular weight is 365 g/mol. The molecular formula is C19H32N4OS. The Kier molecular flexibility index (Phi) is 6.60. The van der Waals surface area contributed by atoms with Gasteiger partial charge in [0, 0.05) is 42.0 Å². The quantitative estimate of drug-likeness (QED) is 0.743. The second kappa shape index (κ2) is 8.30. The van der Waals surface area contributed by atoms with E-state index >= 15 is 0 Å². The molecule has 1 aromatic rings. The van der Waals surface area contributed by atoms with E-state index in [9.17, 15) is 4.79 Å². The lowest BCUT2D eigenvalue weighted by Gasteiger charge is -2.36. The van der Waals surface area contributed by atoms with Crippen LogP contribution in [0.25, 0.3) is 0 Å². The fraction of sp³-hybridized carbons (Fsp3) is 0.737. The smallest absolute Gasteiger partial charge is 0.226 e. The van der Waals surface area contributed by atoms with E-state index in [-0.39, 0.29) is 11.9 Å². The molecule has 1 amide bonds. The zero-order valence-electron chi connectivity index (χ0n) is 16.2. The van der Waals surface area contributed by atoms with Crippen LogP contribution in [0.15, 0.2) is 12.7 Å². The summed E-state index contributed by atoms with van der Waals surface area (Å²) in [5.74, 6) is 1.94. The van der Waals surface area contributed by atoms with Crippen LogP contribution in [0, 0.1) is 11.3 Å². The van der Waals surface area contributed by atoms with Crippen LogP contribution in [0.4, 0.5) is 5.13 Å². The summed E-state index contributed by atoms with van der Waals surface area (Å²) in [4.78, 5) is 19.5. The van der Waals surface area contributed by atoms with E-state index in [1.165, 1.54) is 11.5 Å². The number of aromatic nitrogens is 2. The molecule has 1 aliphatic rings. The topological polar surface area (TPSA) is 58.1 Å². The maximum atomic E-state index is 12.5. The molecule has 0 aromatic carbocycles. The Hall–Kier alpha value is -1.43. The van der Waals surface area contributed by atoms with Gasteiger partial charge >= 0.3 is 0 Å². The Morgan fingerprint density at radius 1 is 1.40 bits per heavy atom. The van der Waals surface area contributed by atoms with Gasteiger partial charge in [-0.1, -0.05) is 33.8 Å². The van der Waals surface area contributed by atoms with Crippen molar-refractivity contribution in [3.63, 3.8) is 0 Å². The van der Waals surface area contributed by atoms with Gasteiger partial charge in [0.25, 0.3) is 0 Å². The van der Waals surface area contributed by atoms with Crippen molar-refractivity contribution in [2.45, 2.75) is 65.8 Å². The van der Waals surface area contributed by atoms with Gasteiger partial charge in [-0.3, -0.25) is 4.79 Å². The van der Waals surface area contributed by atoms with Crippen molar-refractivity contribution in [2.24, 2.45) is 11.3 Å². The molecule has 0 saturated carbocycles. The molecule has 0 spiro atoms. The van der Waals surface area contributed by atoms with Crippen molar-refractivity contribution in [3.8, 4) is 0 Å². The zero-order valence-corrected chi connectivity index (χ0v) is 17.0. The molecule has 0 unspecified atom stereocenters. The van der Waals surface area contributed by atoms with Crippen LogP contribution in [-0.2, 0) is 4.79 Å². The summed E-state index contributed by atoms with van der Waals surface area (Å²) in [6.45, 7) is 16.0. The fourth-order valence-electron chi connectivity index (χ4n) is 3.15. The highest BCUT2D eigenvalue weighted by Crippen LogP contribution is 2.28. The summed E-state index contributed by atoms with van der Waals surface area (Å²) in [5.41, 5.74) is -0.392. The number of nitrogens with one attached hydrogen (secondary N) is 1. The Morgan fingerprint density at radius 3 is 2.56 bits per heavy atom. The third-order valence-corrected chi connectivity index (χ3v) is 5.88. The second-order valence-electron chi connectivity index (χ2n) is 8.05. The minimum absolute atomic E-state index is 0.119. The molecule has 1 fully saturated rings. The predicted octanol–water partition coefficient (Wildman–Crippen LogP) is 3.98. The molecule has 0 bridgehead atoms. The molecule has 1 N–H and O–H groups in total. The van der Waals surface area contributed by atoms with Gasteiger partial charge in [-0.25, -0.2) is 4.98 Å². The van der Waals surface area contributed by atoms with Gasteiger partial charge in [0.2, 0.25) is 11.0 Å². The van der Waals surface area contributed by atoms with E-state index in [1.54, 1.807) is 0 Å². The van der Waals surface area contributed by atoms with Crippen LogP contribution in [0.5, 0.6) is 0 Å². The number of hydrogen-bond acceptors (Lipinski definition) is 5. The number of carbonyl (C=O) groups is 1. The number of anilines is 1. The highest BCUT2D eigenvalue weighted by Gasteiger charge is 2.31. The summed E-state index contributed by atoms with van der Waals surface area (Å²) in [6, 6.07) is 0.194. The van der Waals surface area contributed by atoms with Gasteiger partial charge in [0.05, 0.1) is 0 Å². The highest BCUT2D eigenvalue weighted by molar-refractivity contribution is 7.09. The number of allylic oxidation sites excluding steroid dienone is 1. The molecule has 25 heavy (non-hydrogen) atoms. The normalized spacial score (nSPS) is 17.6. The summed E-state index contributed by atoms with van der Waals surface area (Å²) in [5, 5.41) is 4.25. The summed E-state index contributed by atoms with van der Waals surface area (Å²) in [6.07, 6.45) is 4.65. The van der Waals surface area contributed by atoms with Gasteiger partial charge in [0.1, 0.15) is 5.82 Å². The molecule has 0 aliphatic carbocycles. The van der Waals surface area contributed by atoms with E-state index in [0.717, 1.165) is 36.9 Å². The molecule has 1 atom stereocenters. The number of hydrogen-bond donors (Lipinski definition) is 1. The molecule has 2 rings (SSSR count). The molecule has 5 nitrogen and oxygen atoms in total. The number of rotatable bonds is 7. The second-order valence-corrected chi connectivity index (χ2v) is 8.78. The van der Waals surface area contributed by atoms with E-state index in [1.807, 2.05) is 19.9 Å². The highest BCUT2D eigenvalue weighted by atomic mass is 32.1. The van der Waals surface area contributed by atoms with E-state index in [2.05, 4.69) is 46.9 Å². The average Bonchev–Trinajstić information content (AvgIpc) is 3.05. The molecular weight excluding hydrogens is 332 g/mol. The third-order valence-electron chi connectivity index (χ3n) is 5.09. The molecule has 1 aliphatic heterocycles. The Labute approximate surface area is 156 Å². The maximum Gasteiger partial charge on any atom is 0.226 e. The van der Waals surface area contributed by atoms with E-state index in [0.29, 0.717) is 18.3 Å². The van der Waals surface area contributed by atoms with Gasteiger partial charge in [-0.05, 0) is 32.1 Å². The predicted molar refractivity (Wildman–Crippen MR) is 105 cm³/mol. The molecule has 1 saturated heterocycles. The van der Waals surface area contributed by atoms with Crippen LogP contribution in [-0.4, -0.2) is 34.4 Å². The SMILES string of the molecule is C=CCC(C)(C)C(=O)N[C@H](C)C1CCN(c2nc(C(C)C)ns2)CC1. The Morgan fingerprint density at radius 2 is 2.04 bits per heavy atom. The molecule has 1 aromatic heterocycles. The molecule has 2 heterocycles. The molecule has 6 heteroatoms. The summed E-state index contributed by atoms with van der Waals surface area (Å²) in [7, 11) is 0. The number of carbonyl (C=O) groups excluding carboxylic acids is 1. The summed E-state index contributed by atoms with van der Waals surface area (Å²) >= 11 is 1.50. The Balaban J connectivity index is 1.86. The van der Waals surface area contributed by atoms with Crippen molar-refractivity contribution < 1.29 is 4.79 Å². The standard InChI is InChI=1S/C19H32N4OS/c1-7-10-19(5,6)17(24)20-14(4)15-8-11-23(12-9-15)18-21-16(13(2)3)22-25-18/h7,13-15H,1,8-12H2,2-6H3,(H,20,24)/t14-/m1/s1. The van der Waals surface area contributed by atoms with Gasteiger partial charge in [-0.2, -0.15) is 4.37 Å². The maximum absolute atomic E-state index is 12.5. The van der Waals surface area contributed by atoms with Crippen LogP contribution in [0.1, 0.15) is 65.6 Å². The zero-order chi connectivity index (χ0) is 18.6. The van der Waals surface area contributed by atoms with Crippen molar-refractivity contribution in [1.82, 2.24) is 14.7 Å². The van der Waals surface area contributed by atoms with Crippen molar-refractivity contribution in [1.29, 1.82) is 0 Å². The molecule has 0 radical (unpaired) electrons. The van der Waals surface area contributed by atoms with Crippen LogP contribution in [0.3, 0.4) is 0 Å². The van der Waals surface area contributed by atoms with Crippen molar-refractivity contribution in [3.05, 3.63) is 18.5 Å². The van der Waals surface area contributed by atoms with Crippen molar-refractivity contribution >= 4 is 22.6 Å². The first-order chi connectivity index (χ1) is 11.7. The monoisotopic (exact) mass is 364 g/mol. The first kappa shape index (κ1) is 19.9. The lowest BCUT2D eigenvalue weighted by molar-refractivity contribution is -0.130. The number of nitrogens with zero attached hydrogens (tertiary/aromatic N) is 3. The Bertz CT molecular complexity index is 588. The summed E-state index contributed by atoms with van der Waals surface area (Å²) < 4.78 is 4.45. The van der Waals surface area contributed by atoms with E-state index < -0.39 is 5.41 Å². The number of amides is 1. The van der Waals surface area contributed by atoms with Crippen LogP contribution >= 0.6 is 11.5 Å². The van der Waals surface area contributed by atoms with Crippen molar-refractivity contribution in [2.75, 3.05) is 18.0 Å². The van der Waals surface area contributed by atoms with Gasteiger partial charge in [0.15, 0.2) is 0 Å². The van der Waals surface area contributed by atoms with Gasteiger partial charge < -0.3 is 10.2 Å². The minimum atomic E-state index is -0.392. The number of piperidine rings is 1.